The number of carbonyl (C=O) groups excluding carboxylic acids is 1. The standard InChI is InChI=1S/C20H27N3O2/c1-20(2,3)22-19(24)21-13-17(18-9-6-12-25-18)23-11-10-15-7-4-5-8-16(15)14-23/h4-9,12,17H,10-11,13-14H2,1-3H3,(H2,21,22,24). The van der Waals surface area contributed by atoms with E-state index >= 15 is 0 Å². The molecule has 0 saturated carbocycles. The van der Waals surface area contributed by atoms with Crippen LogP contribution in [0.1, 0.15) is 43.7 Å². The zero-order valence-electron chi connectivity index (χ0n) is 15.2. The Morgan fingerprint density at radius 3 is 2.64 bits per heavy atom. The third kappa shape index (κ3) is 4.63. The van der Waals surface area contributed by atoms with E-state index in [1.54, 1.807) is 6.26 Å². The summed E-state index contributed by atoms with van der Waals surface area (Å²) in [7, 11) is 0. The Hall–Kier alpha value is -2.27. The average molecular weight is 341 g/mol. The van der Waals surface area contributed by atoms with Gasteiger partial charge < -0.3 is 15.1 Å². The number of amides is 2. The quantitative estimate of drug-likeness (QED) is 0.895. The predicted molar refractivity (Wildman–Crippen MR) is 98.3 cm³/mol. The van der Waals surface area contributed by atoms with E-state index in [0.717, 1.165) is 25.3 Å². The summed E-state index contributed by atoms with van der Waals surface area (Å²) in [6.07, 6.45) is 2.71. The number of benzene rings is 1. The lowest BCUT2D eigenvalue weighted by molar-refractivity contribution is 0.154. The summed E-state index contributed by atoms with van der Waals surface area (Å²) in [5, 5.41) is 5.94. The normalized spacial score (nSPS) is 16.1. The Labute approximate surface area is 149 Å². The lowest BCUT2D eigenvalue weighted by Crippen LogP contribution is -2.49. The zero-order chi connectivity index (χ0) is 17.9. The highest BCUT2D eigenvalue weighted by molar-refractivity contribution is 5.74. The number of rotatable bonds is 4. The number of hydrogen-bond acceptors (Lipinski definition) is 3. The van der Waals surface area contributed by atoms with Crippen LogP contribution in [0.5, 0.6) is 0 Å². The third-order valence-electron chi connectivity index (χ3n) is 4.42. The second-order valence-electron chi connectivity index (χ2n) is 7.61. The van der Waals surface area contributed by atoms with Crippen LogP contribution in [-0.2, 0) is 13.0 Å². The second-order valence-corrected chi connectivity index (χ2v) is 7.61. The first-order valence-electron chi connectivity index (χ1n) is 8.82. The van der Waals surface area contributed by atoms with Crippen molar-refractivity contribution in [2.45, 2.75) is 45.3 Å². The summed E-state index contributed by atoms with van der Waals surface area (Å²) in [6.45, 7) is 8.24. The fraction of sp³-hybridized carbons (Fsp3) is 0.450. The molecule has 1 unspecified atom stereocenters. The highest BCUT2D eigenvalue weighted by atomic mass is 16.3. The van der Waals surface area contributed by atoms with Crippen LogP contribution in [0.15, 0.2) is 47.1 Å². The van der Waals surface area contributed by atoms with E-state index in [1.807, 2.05) is 32.9 Å². The molecule has 0 aliphatic carbocycles. The van der Waals surface area contributed by atoms with Gasteiger partial charge in [0.25, 0.3) is 0 Å². The maximum Gasteiger partial charge on any atom is 0.315 e. The molecule has 0 radical (unpaired) electrons. The lowest BCUT2D eigenvalue weighted by Gasteiger charge is -2.35. The minimum Gasteiger partial charge on any atom is -0.468 e. The van der Waals surface area contributed by atoms with Crippen molar-refractivity contribution in [1.29, 1.82) is 0 Å². The molecule has 0 saturated heterocycles. The fourth-order valence-corrected chi connectivity index (χ4v) is 3.25. The molecule has 1 atom stereocenters. The first-order chi connectivity index (χ1) is 11.9. The Morgan fingerprint density at radius 1 is 1.20 bits per heavy atom. The van der Waals surface area contributed by atoms with E-state index in [0.29, 0.717) is 6.54 Å². The van der Waals surface area contributed by atoms with Gasteiger partial charge in [0.15, 0.2) is 0 Å². The molecule has 25 heavy (non-hydrogen) atoms. The van der Waals surface area contributed by atoms with E-state index in [9.17, 15) is 4.79 Å². The van der Waals surface area contributed by atoms with E-state index in [4.69, 9.17) is 4.42 Å². The summed E-state index contributed by atoms with van der Waals surface area (Å²) in [5.74, 6) is 0.885. The van der Waals surface area contributed by atoms with E-state index < -0.39 is 0 Å². The number of urea groups is 1. The summed E-state index contributed by atoms with van der Waals surface area (Å²) in [5.41, 5.74) is 2.51. The molecular formula is C20H27N3O2. The van der Waals surface area contributed by atoms with Gasteiger partial charge in [0.05, 0.1) is 12.3 Å². The molecule has 3 rings (SSSR count). The molecule has 134 valence electrons. The summed E-state index contributed by atoms with van der Waals surface area (Å²) >= 11 is 0. The van der Waals surface area contributed by atoms with Crippen LogP contribution in [0.2, 0.25) is 0 Å². The number of fused-ring (bicyclic) bond motifs is 1. The zero-order valence-corrected chi connectivity index (χ0v) is 15.2. The van der Waals surface area contributed by atoms with Crippen LogP contribution in [0.25, 0.3) is 0 Å². The van der Waals surface area contributed by atoms with Crippen LogP contribution in [0, 0.1) is 0 Å². The summed E-state index contributed by atoms with van der Waals surface area (Å²) in [6, 6.07) is 12.3. The minimum atomic E-state index is -0.256. The Kier molecular flexibility index (Phi) is 5.13. The Bertz CT molecular complexity index is 704. The van der Waals surface area contributed by atoms with Gasteiger partial charge in [-0.1, -0.05) is 24.3 Å². The molecule has 2 amide bonds. The van der Waals surface area contributed by atoms with E-state index in [2.05, 4.69) is 39.8 Å². The van der Waals surface area contributed by atoms with Gasteiger partial charge in [-0.2, -0.15) is 0 Å². The van der Waals surface area contributed by atoms with Gasteiger partial charge in [0.2, 0.25) is 0 Å². The second kappa shape index (κ2) is 7.31. The van der Waals surface area contributed by atoms with Gasteiger partial charge in [-0.25, -0.2) is 4.79 Å². The van der Waals surface area contributed by atoms with Gasteiger partial charge in [-0.15, -0.1) is 0 Å². The topological polar surface area (TPSA) is 57.5 Å². The van der Waals surface area contributed by atoms with Crippen molar-refractivity contribution in [2.75, 3.05) is 13.1 Å². The number of hydrogen-bond donors (Lipinski definition) is 2. The lowest BCUT2D eigenvalue weighted by atomic mass is 9.98. The highest BCUT2D eigenvalue weighted by Crippen LogP contribution is 2.27. The maximum absolute atomic E-state index is 12.1. The number of furan rings is 1. The van der Waals surface area contributed by atoms with Crippen LogP contribution >= 0.6 is 0 Å². The molecule has 2 N–H and O–H groups in total. The maximum atomic E-state index is 12.1. The van der Waals surface area contributed by atoms with Gasteiger partial charge in [0.1, 0.15) is 5.76 Å². The molecule has 2 aromatic rings. The summed E-state index contributed by atoms with van der Waals surface area (Å²) in [4.78, 5) is 14.5. The molecule has 5 heteroatoms. The SMILES string of the molecule is CC(C)(C)NC(=O)NCC(c1ccco1)N1CCc2ccccc2C1. The van der Waals surface area contributed by atoms with Crippen molar-refractivity contribution < 1.29 is 9.21 Å². The number of carbonyl (C=O) groups is 1. The first-order valence-corrected chi connectivity index (χ1v) is 8.82. The fourth-order valence-electron chi connectivity index (χ4n) is 3.25. The van der Waals surface area contributed by atoms with Crippen molar-refractivity contribution in [2.24, 2.45) is 0 Å². The molecule has 0 spiro atoms. The largest absolute Gasteiger partial charge is 0.468 e. The molecule has 2 heterocycles. The molecular weight excluding hydrogens is 314 g/mol. The van der Waals surface area contributed by atoms with Crippen molar-refractivity contribution in [1.82, 2.24) is 15.5 Å². The predicted octanol–water partition coefficient (Wildman–Crippen LogP) is 3.48. The van der Waals surface area contributed by atoms with E-state index in [-0.39, 0.29) is 17.6 Å². The molecule has 0 bridgehead atoms. The van der Waals surface area contributed by atoms with Crippen LogP contribution < -0.4 is 10.6 Å². The van der Waals surface area contributed by atoms with Crippen LogP contribution in [-0.4, -0.2) is 29.6 Å². The highest BCUT2D eigenvalue weighted by Gasteiger charge is 2.27. The summed E-state index contributed by atoms with van der Waals surface area (Å²) < 4.78 is 5.66. The molecule has 1 aliphatic heterocycles. The van der Waals surface area contributed by atoms with E-state index in [1.165, 1.54) is 11.1 Å². The molecule has 1 aliphatic rings. The number of nitrogens with one attached hydrogen (secondary N) is 2. The number of nitrogens with zero attached hydrogens (tertiary/aromatic N) is 1. The third-order valence-corrected chi connectivity index (χ3v) is 4.42. The van der Waals surface area contributed by atoms with Crippen LogP contribution in [0.4, 0.5) is 4.79 Å². The monoisotopic (exact) mass is 341 g/mol. The van der Waals surface area contributed by atoms with Crippen molar-refractivity contribution in [3.8, 4) is 0 Å². The minimum absolute atomic E-state index is 0.0223. The molecule has 5 nitrogen and oxygen atoms in total. The molecule has 1 aromatic heterocycles. The van der Waals surface area contributed by atoms with Gasteiger partial charge in [-0.3, -0.25) is 4.90 Å². The average Bonchev–Trinajstić information content (AvgIpc) is 3.07. The molecule has 1 aromatic carbocycles. The smallest absolute Gasteiger partial charge is 0.315 e. The van der Waals surface area contributed by atoms with Crippen molar-refractivity contribution >= 4 is 6.03 Å². The van der Waals surface area contributed by atoms with Crippen molar-refractivity contribution in [3.05, 3.63) is 59.5 Å². The van der Waals surface area contributed by atoms with Gasteiger partial charge in [0, 0.05) is 25.2 Å². The van der Waals surface area contributed by atoms with Gasteiger partial charge >= 0.3 is 6.03 Å². The molecule has 0 fully saturated rings. The van der Waals surface area contributed by atoms with Gasteiger partial charge in [-0.05, 0) is 50.5 Å². The Morgan fingerprint density at radius 2 is 1.96 bits per heavy atom. The van der Waals surface area contributed by atoms with Crippen LogP contribution in [0.3, 0.4) is 0 Å². The van der Waals surface area contributed by atoms with Crippen molar-refractivity contribution in [3.63, 3.8) is 0 Å². The Balaban J connectivity index is 1.70. The first kappa shape index (κ1) is 17.5.